The van der Waals surface area contributed by atoms with Crippen molar-refractivity contribution in [3.05, 3.63) is 24.2 Å². The summed E-state index contributed by atoms with van der Waals surface area (Å²) in [6, 6.07) is 2.88. The molecule has 114 valence electrons. The Labute approximate surface area is 118 Å². The molecule has 1 fully saturated rings. The van der Waals surface area contributed by atoms with E-state index >= 15 is 0 Å². The molecular formula is C12H15FN4O4. The summed E-state index contributed by atoms with van der Waals surface area (Å²) in [4.78, 5) is 3.79. The van der Waals surface area contributed by atoms with Crippen LogP contribution in [0.2, 0.25) is 0 Å². The highest BCUT2D eigenvalue weighted by atomic mass is 19.1. The molecule has 0 saturated carbocycles. The Morgan fingerprint density at radius 2 is 2.24 bits per heavy atom. The van der Waals surface area contributed by atoms with Gasteiger partial charge in [0, 0.05) is 0 Å². The van der Waals surface area contributed by atoms with Gasteiger partial charge in [-0.2, -0.15) is 5.10 Å². The number of ether oxygens (including phenoxy) is 1. The topological polar surface area (TPSA) is 126 Å². The van der Waals surface area contributed by atoms with E-state index in [1.54, 1.807) is 0 Å². The second-order valence-corrected chi connectivity index (χ2v) is 5.16. The number of anilines is 1. The molecule has 9 heteroatoms. The van der Waals surface area contributed by atoms with Gasteiger partial charge in [-0.1, -0.05) is 0 Å². The molecule has 2 aromatic heterocycles. The summed E-state index contributed by atoms with van der Waals surface area (Å²) in [5.41, 5.74) is 3.45. The maximum atomic E-state index is 14.9. The van der Waals surface area contributed by atoms with Crippen LogP contribution in [0.25, 0.3) is 5.52 Å². The summed E-state index contributed by atoms with van der Waals surface area (Å²) in [5.74, 6) is -2.33. The fraction of sp³-hybridized carbons (Fsp3) is 0.500. The fourth-order valence-electron chi connectivity index (χ4n) is 2.61. The van der Waals surface area contributed by atoms with Gasteiger partial charge in [-0.25, -0.2) is 13.9 Å². The zero-order valence-electron chi connectivity index (χ0n) is 11.1. The Morgan fingerprint density at radius 3 is 2.86 bits per heavy atom. The molecule has 0 amide bonds. The van der Waals surface area contributed by atoms with Crippen LogP contribution in [-0.2, 0) is 10.5 Å². The lowest BCUT2D eigenvalue weighted by Crippen LogP contribution is -2.49. The molecular weight excluding hydrogens is 283 g/mol. The van der Waals surface area contributed by atoms with Gasteiger partial charge in [-0.15, -0.1) is 0 Å². The Bertz CT molecular complexity index is 691. The van der Waals surface area contributed by atoms with Crippen LogP contribution in [0, 0.1) is 0 Å². The number of aliphatic hydroxyl groups is 3. The van der Waals surface area contributed by atoms with Crippen molar-refractivity contribution in [1.29, 1.82) is 0 Å². The number of nitrogens with two attached hydrogens (primary N) is 1. The molecule has 0 bridgehead atoms. The lowest BCUT2D eigenvalue weighted by Gasteiger charge is -2.31. The minimum absolute atomic E-state index is 0.0494. The second kappa shape index (κ2) is 4.34. The molecule has 3 heterocycles. The van der Waals surface area contributed by atoms with Gasteiger partial charge in [0.05, 0.1) is 6.61 Å². The first kappa shape index (κ1) is 14.1. The van der Waals surface area contributed by atoms with Crippen molar-refractivity contribution in [2.75, 3.05) is 12.3 Å². The molecule has 0 aliphatic carbocycles. The predicted molar refractivity (Wildman–Crippen MR) is 68.8 cm³/mol. The highest BCUT2D eigenvalue weighted by molar-refractivity contribution is 5.65. The van der Waals surface area contributed by atoms with Crippen LogP contribution < -0.4 is 5.73 Å². The van der Waals surface area contributed by atoms with Crippen LogP contribution in [0.1, 0.15) is 12.6 Å². The van der Waals surface area contributed by atoms with Gasteiger partial charge < -0.3 is 25.8 Å². The van der Waals surface area contributed by atoms with E-state index in [2.05, 4.69) is 10.1 Å². The van der Waals surface area contributed by atoms with Crippen LogP contribution >= 0.6 is 0 Å². The molecule has 4 atom stereocenters. The van der Waals surface area contributed by atoms with Crippen molar-refractivity contribution in [2.24, 2.45) is 0 Å². The Morgan fingerprint density at radius 1 is 1.52 bits per heavy atom. The third kappa shape index (κ3) is 1.69. The first-order valence-electron chi connectivity index (χ1n) is 6.29. The van der Waals surface area contributed by atoms with Gasteiger partial charge in [0.25, 0.3) is 0 Å². The van der Waals surface area contributed by atoms with Crippen molar-refractivity contribution >= 4 is 11.3 Å². The van der Waals surface area contributed by atoms with Crippen molar-refractivity contribution in [1.82, 2.24) is 14.6 Å². The number of rotatable bonds is 2. The molecule has 3 rings (SSSR count). The normalized spacial score (nSPS) is 36.4. The zero-order valence-corrected chi connectivity index (χ0v) is 11.1. The van der Waals surface area contributed by atoms with Gasteiger partial charge in [0.15, 0.2) is 11.5 Å². The molecule has 1 unspecified atom stereocenters. The fourth-order valence-corrected chi connectivity index (χ4v) is 2.61. The van der Waals surface area contributed by atoms with Crippen LogP contribution in [0.5, 0.6) is 0 Å². The standard InChI is InChI=1S/C12H15FN4O4/c1-11(13)9(19)7(4-18)21-12(11,20)8-3-2-6-10(14)15-5-16-17(6)8/h2-3,5,7,9,18-20H,4H2,1H3,(H2,14,15,16)/t7-,9-,11-,12?/m1/s1. The molecule has 21 heavy (non-hydrogen) atoms. The third-order valence-corrected chi connectivity index (χ3v) is 3.90. The van der Waals surface area contributed by atoms with Gasteiger partial charge in [-0.3, -0.25) is 0 Å². The summed E-state index contributed by atoms with van der Waals surface area (Å²) < 4.78 is 21.2. The summed E-state index contributed by atoms with van der Waals surface area (Å²) in [5, 5.41) is 33.6. The van der Waals surface area contributed by atoms with E-state index in [0.29, 0.717) is 5.52 Å². The highest BCUT2D eigenvalue weighted by Crippen LogP contribution is 2.47. The molecule has 0 radical (unpaired) electrons. The largest absolute Gasteiger partial charge is 0.394 e. The van der Waals surface area contributed by atoms with E-state index in [9.17, 15) is 14.6 Å². The van der Waals surface area contributed by atoms with Crippen LogP contribution in [0.3, 0.4) is 0 Å². The summed E-state index contributed by atoms with van der Waals surface area (Å²) in [7, 11) is 0. The van der Waals surface area contributed by atoms with E-state index in [1.165, 1.54) is 16.6 Å². The monoisotopic (exact) mass is 298 g/mol. The van der Waals surface area contributed by atoms with E-state index in [0.717, 1.165) is 13.3 Å². The molecule has 0 spiro atoms. The molecule has 8 nitrogen and oxygen atoms in total. The van der Waals surface area contributed by atoms with Gasteiger partial charge in [-0.05, 0) is 19.1 Å². The number of fused-ring (bicyclic) bond motifs is 1. The summed E-state index contributed by atoms with van der Waals surface area (Å²) in [6.07, 6.45) is -1.80. The number of halogens is 1. The lowest BCUT2D eigenvalue weighted by atomic mass is 9.90. The summed E-state index contributed by atoms with van der Waals surface area (Å²) in [6.45, 7) is 0.362. The average molecular weight is 298 g/mol. The quantitative estimate of drug-likeness (QED) is 0.556. The lowest BCUT2D eigenvalue weighted by molar-refractivity contribution is -0.256. The van der Waals surface area contributed by atoms with E-state index < -0.39 is 30.3 Å². The minimum atomic E-state index is -2.55. The van der Waals surface area contributed by atoms with Gasteiger partial charge in [0.1, 0.15) is 29.7 Å². The van der Waals surface area contributed by atoms with Gasteiger partial charge in [0.2, 0.25) is 5.79 Å². The maximum Gasteiger partial charge on any atom is 0.248 e. The smallest absolute Gasteiger partial charge is 0.248 e. The molecule has 2 aromatic rings. The van der Waals surface area contributed by atoms with Crippen molar-refractivity contribution in [3.63, 3.8) is 0 Å². The first-order chi connectivity index (χ1) is 9.83. The number of hydrogen-bond donors (Lipinski definition) is 4. The maximum absolute atomic E-state index is 14.9. The number of aromatic nitrogens is 3. The number of aliphatic hydroxyl groups excluding tert-OH is 2. The van der Waals surface area contributed by atoms with Crippen molar-refractivity contribution in [2.45, 2.75) is 30.6 Å². The van der Waals surface area contributed by atoms with Crippen molar-refractivity contribution in [3.8, 4) is 0 Å². The van der Waals surface area contributed by atoms with Gasteiger partial charge >= 0.3 is 0 Å². The average Bonchev–Trinajstić information content (AvgIpc) is 2.95. The second-order valence-electron chi connectivity index (χ2n) is 5.16. The zero-order chi connectivity index (χ0) is 15.4. The molecule has 1 aliphatic rings. The van der Waals surface area contributed by atoms with Crippen LogP contribution in [0.15, 0.2) is 18.5 Å². The molecule has 5 N–H and O–H groups in total. The number of hydrogen-bond acceptors (Lipinski definition) is 7. The Hall–Kier alpha value is -1.81. The Balaban J connectivity index is 2.19. The number of nitrogen functional groups attached to an aromatic ring is 1. The SMILES string of the molecule is C[C@@]1(F)[C@H](O)[C@@H](CO)OC1(O)c1ccc2c(N)ncnn12. The number of nitrogens with zero attached hydrogens (tertiary/aromatic N) is 3. The minimum Gasteiger partial charge on any atom is -0.394 e. The highest BCUT2D eigenvalue weighted by Gasteiger charge is 2.65. The predicted octanol–water partition coefficient (Wildman–Crippen LogP) is -1.06. The third-order valence-electron chi connectivity index (χ3n) is 3.90. The molecule has 1 saturated heterocycles. The molecule has 1 aliphatic heterocycles. The van der Waals surface area contributed by atoms with E-state index in [4.69, 9.17) is 15.6 Å². The number of alkyl halides is 1. The van der Waals surface area contributed by atoms with Crippen LogP contribution in [-0.4, -0.2) is 54.4 Å². The first-order valence-corrected chi connectivity index (χ1v) is 6.29. The van der Waals surface area contributed by atoms with Crippen LogP contribution in [0.4, 0.5) is 10.2 Å². The van der Waals surface area contributed by atoms with E-state index in [-0.39, 0.29) is 11.5 Å². The van der Waals surface area contributed by atoms with Crippen molar-refractivity contribution < 1.29 is 24.4 Å². The molecule has 0 aromatic carbocycles. The van der Waals surface area contributed by atoms with E-state index in [1.807, 2.05) is 0 Å². The summed E-state index contributed by atoms with van der Waals surface area (Å²) >= 11 is 0. The Kier molecular flexibility index (Phi) is 2.92.